The summed E-state index contributed by atoms with van der Waals surface area (Å²) in [5.74, 6) is 1.43. The summed E-state index contributed by atoms with van der Waals surface area (Å²) in [5.41, 5.74) is 1.82. The van der Waals surface area contributed by atoms with Crippen LogP contribution in [-0.4, -0.2) is 21.1 Å². The molecule has 0 aliphatic rings. The van der Waals surface area contributed by atoms with Crippen LogP contribution in [0.15, 0.2) is 47.4 Å². The average Bonchev–Trinajstić information content (AvgIpc) is 2.54. The zero-order valence-corrected chi connectivity index (χ0v) is 15.5. The number of benzene rings is 2. The van der Waals surface area contributed by atoms with Gasteiger partial charge in [-0.1, -0.05) is 6.07 Å². The van der Waals surface area contributed by atoms with E-state index in [1.54, 1.807) is 12.1 Å². The lowest BCUT2D eigenvalue weighted by atomic mass is 10.2. The highest BCUT2D eigenvalue weighted by molar-refractivity contribution is 7.89. The lowest BCUT2D eigenvalue weighted by Crippen LogP contribution is -2.12. The molecule has 25 heavy (non-hydrogen) atoms. The minimum atomic E-state index is -3.67. The SMILES string of the molecule is CCOc1cc(CNc2ccc(S(N)(=O)=O)cc2)ccc1OC(C)C. The molecule has 0 aliphatic heterocycles. The van der Waals surface area contributed by atoms with Crippen molar-refractivity contribution < 1.29 is 17.9 Å². The van der Waals surface area contributed by atoms with E-state index >= 15 is 0 Å². The van der Waals surface area contributed by atoms with Crippen molar-refractivity contribution in [2.45, 2.75) is 38.3 Å². The summed E-state index contributed by atoms with van der Waals surface area (Å²) in [7, 11) is -3.67. The third-order valence-electron chi connectivity index (χ3n) is 3.35. The Kier molecular flexibility index (Phi) is 6.27. The van der Waals surface area contributed by atoms with Gasteiger partial charge in [0.05, 0.1) is 17.6 Å². The molecule has 0 heterocycles. The first-order valence-corrected chi connectivity index (χ1v) is 9.63. The Hall–Kier alpha value is -2.25. The average molecular weight is 364 g/mol. The van der Waals surface area contributed by atoms with Crippen LogP contribution in [-0.2, 0) is 16.6 Å². The van der Waals surface area contributed by atoms with Crippen LogP contribution in [0.3, 0.4) is 0 Å². The summed E-state index contributed by atoms with van der Waals surface area (Å²) in [4.78, 5) is 0.0897. The number of anilines is 1. The molecular formula is C18H24N2O4S. The van der Waals surface area contributed by atoms with Crippen LogP contribution in [0.25, 0.3) is 0 Å². The molecule has 7 heteroatoms. The molecule has 0 aromatic heterocycles. The highest BCUT2D eigenvalue weighted by atomic mass is 32.2. The summed E-state index contributed by atoms with van der Waals surface area (Å²) in [5, 5.41) is 8.33. The zero-order valence-electron chi connectivity index (χ0n) is 14.7. The smallest absolute Gasteiger partial charge is 0.238 e. The highest BCUT2D eigenvalue weighted by Gasteiger charge is 2.09. The Morgan fingerprint density at radius 3 is 2.32 bits per heavy atom. The fraction of sp³-hybridized carbons (Fsp3) is 0.333. The van der Waals surface area contributed by atoms with Crippen molar-refractivity contribution in [1.29, 1.82) is 0 Å². The van der Waals surface area contributed by atoms with E-state index in [-0.39, 0.29) is 11.0 Å². The van der Waals surface area contributed by atoms with Gasteiger partial charge in [-0.3, -0.25) is 0 Å². The van der Waals surface area contributed by atoms with Crippen LogP contribution >= 0.6 is 0 Å². The maximum Gasteiger partial charge on any atom is 0.238 e. The van der Waals surface area contributed by atoms with Gasteiger partial charge < -0.3 is 14.8 Å². The molecule has 2 rings (SSSR count). The second kappa shape index (κ2) is 8.22. The molecule has 0 spiro atoms. The van der Waals surface area contributed by atoms with E-state index in [1.165, 1.54) is 12.1 Å². The van der Waals surface area contributed by atoms with Gasteiger partial charge >= 0.3 is 0 Å². The van der Waals surface area contributed by atoms with Crippen molar-refractivity contribution in [1.82, 2.24) is 0 Å². The standard InChI is InChI=1S/C18H24N2O4S/c1-4-23-18-11-14(5-10-17(18)24-13(2)3)12-20-15-6-8-16(9-7-15)25(19,21)22/h5-11,13,20H,4,12H2,1-3H3,(H2,19,21,22). The van der Waals surface area contributed by atoms with Gasteiger partial charge in [-0.05, 0) is 62.7 Å². The molecule has 0 saturated heterocycles. The van der Waals surface area contributed by atoms with Gasteiger partial charge in [0.1, 0.15) is 0 Å². The lowest BCUT2D eigenvalue weighted by molar-refractivity contribution is 0.223. The Bertz CT molecular complexity index is 802. The molecule has 0 unspecified atom stereocenters. The quantitative estimate of drug-likeness (QED) is 0.751. The van der Waals surface area contributed by atoms with E-state index in [0.29, 0.717) is 18.9 Å². The predicted molar refractivity (Wildman–Crippen MR) is 98.5 cm³/mol. The molecule has 0 aliphatic carbocycles. The highest BCUT2D eigenvalue weighted by Crippen LogP contribution is 2.29. The largest absolute Gasteiger partial charge is 0.490 e. The molecule has 136 valence electrons. The van der Waals surface area contributed by atoms with Gasteiger partial charge in [-0.25, -0.2) is 13.6 Å². The van der Waals surface area contributed by atoms with Crippen molar-refractivity contribution >= 4 is 15.7 Å². The summed E-state index contributed by atoms with van der Waals surface area (Å²) in [6.07, 6.45) is 0.0699. The number of nitrogens with one attached hydrogen (secondary N) is 1. The van der Waals surface area contributed by atoms with E-state index in [2.05, 4.69) is 5.32 Å². The van der Waals surface area contributed by atoms with Gasteiger partial charge in [-0.15, -0.1) is 0 Å². The van der Waals surface area contributed by atoms with Crippen LogP contribution in [0.4, 0.5) is 5.69 Å². The Balaban J connectivity index is 2.08. The molecule has 0 fully saturated rings. The lowest BCUT2D eigenvalue weighted by Gasteiger charge is -2.16. The van der Waals surface area contributed by atoms with E-state index < -0.39 is 10.0 Å². The molecule has 3 N–H and O–H groups in total. The predicted octanol–water partition coefficient (Wildman–Crippen LogP) is 3.13. The first-order chi connectivity index (χ1) is 11.8. The van der Waals surface area contributed by atoms with Gasteiger partial charge in [0.25, 0.3) is 0 Å². The van der Waals surface area contributed by atoms with Gasteiger partial charge in [-0.2, -0.15) is 0 Å². The summed E-state index contributed by atoms with van der Waals surface area (Å²) in [6.45, 7) is 6.99. The number of sulfonamides is 1. The molecule has 0 bridgehead atoms. The molecule has 0 radical (unpaired) electrons. The van der Waals surface area contributed by atoms with Crippen LogP contribution < -0.4 is 19.9 Å². The zero-order chi connectivity index (χ0) is 18.4. The van der Waals surface area contributed by atoms with Crippen molar-refractivity contribution in [2.75, 3.05) is 11.9 Å². The first kappa shape index (κ1) is 19.1. The number of primary sulfonamides is 1. The second-order valence-electron chi connectivity index (χ2n) is 5.80. The fourth-order valence-corrected chi connectivity index (χ4v) is 2.76. The van der Waals surface area contributed by atoms with Gasteiger partial charge in [0.2, 0.25) is 10.0 Å². The van der Waals surface area contributed by atoms with Crippen molar-refractivity contribution in [2.24, 2.45) is 5.14 Å². The summed E-state index contributed by atoms with van der Waals surface area (Å²) < 4.78 is 33.9. The fourth-order valence-electron chi connectivity index (χ4n) is 2.25. The minimum absolute atomic E-state index is 0.0699. The number of hydrogen-bond donors (Lipinski definition) is 2. The molecule has 0 saturated carbocycles. The third-order valence-corrected chi connectivity index (χ3v) is 4.28. The molecule has 0 atom stereocenters. The van der Waals surface area contributed by atoms with E-state index in [9.17, 15) is 8.42 Å². The van der Waals surface area contributed by atoms with Crippen molar-refractivity contribution in [3.05, 3.63) is 48.0 Å². The van der Waals surface area contributed by atoms with Gasteiger partial charge in [0, 0.05) is 12.2 Å². The Morgan fingerprint density at radius 2 is 1.76 bits per heavy atom. The summed E-state index contributed by atoms with van der Waals surface area (Å²) in [6, 6.07) is 12.1. The maximum atomic E-state index is 11.3. The normalized spacial score (nSPS) is 11.4. The molecule has 2 aromatic rings. The van der Waals surface area contributed by atoms with Crippen LogP contribution in [0, 0.1) is 0 Å². The topological polar surface area (TPSA) is 90.6 Å². The van der Waals surface area contributed by atoms with E-state index in [0.717, 1.165) is 17.0 Å². The molecule has 2 aromatic carbocycles. The monoisotopic (exact) mass is 364 g/mol. The maximum absolute atomic E-state index is 11.3. The first-order valence-electron chi connectivity index (χ1n) is 8.08. The van der Waals surface area contributed by atoms with Crippen molar-refractivity contribution in [3.8, 4) is 11.5 Å². The Morgan fingerprint density at radius 1 is 1.08 bits per heavy atom. The van der Waals surface area contributed by atoms with Crippen molar-refractivity contribution in [3.63, 3.8) is 0 Å². The number of rotatable bonds is 8. The summed E-state index contributed by atoms with van der Waals surface area (Å²) >= 11 is 0. The van der Waals surface area contributed by atoms with Crippen LogP contribution in [0.1, 0.15) is 26.3 Å². The Labute approximate surface area is 149 Å². The molecular weight excluding hydrogens is 340 g/mol. The number of nitrogens with two attached hydrogens (primary N) is 1. The van der Waals surface area contributed by atoms with E-state index in [1.807, 2.05) is 39.0 Å². The van der Waals surface area contributed by atoms with Crippen LogP contribution in [0.5, 0.6) is 11.5 Å². The van der Waals surface area contributed by atoms with E-state index in [4.69, 9.17) is 14.6 Å². The number of ether oxygens (including phenoxy) is 2. The van der Waals surface area contributed by atoms with Gasteiger partial charge in [0.15, 0.2) is 11.5 Å². The third kappa shape index (κ3) is 5.65. The molecule has 0 amide bonds. The van der Waals surface area contributed by atoms with Crippen LogP contribution in [0.2, 0.25) is 0 Å². The second-order valence-corrected chi connectivity index (χ2v) is 7.37. The molecule has 6 nitrogen and oxygen atoms in total. The minimum Gasteiger partial charge on any atom is -0.490 e. The number of hydrogen-bond acceptors (Lipinski definition) is 5.